The maximum atomic E-state index is 13.3. The molecule has 1 unspecified atom stereocenters. The van der Waals surface area contributed by atoms with E-state index in [9.17, 15) is 17.4 Å². The molecule has 2 aromatic carbocycles. The van der Waals surface area contributed by atoms with Gasteiger partial charge >= 0.3 is 6.18 Å². The number of ether oxygens (including phenoxy) is 1. The van der Waals surface area contributed by atoms with Crippen molar-refractivity contribution >= 4 is 22.8 Å². The zero-order chi connectivity index (χ0) is 17.6. The summed E-state index contributed by atoms with van der Waals surface area (Å²) < 4.78 is 62.0. The Morgan fingerprint density at radius 1 is 1.08 bits per heavy atom. The molecule has 0 amide bonds. The minimum Gasteiger partial charge on any atom is -0.496 e. The fraction of sp³-hybridized carbons (Fsp3) is 0.250. The number of para-hydroxylation sites is 2. The van der Waals surface area contributed by atoms with Crippen LogP contribution < -0.4 is 8.92 Å². The lowest BCUT2D eigenvalue weighted by Gasteiger charge is -2.20. The van der Waals surface area contributed by atoms with Crippen molar-refractivity contribution < 1.29 is 26.3 Å². The fourth-order valence-corrected chi connectivity index (χ4v) is 4.11. The molecule has 8 heteroatoms. The summed E-state index contributed by atoms with van der Waals surface area (Å²) in [6.45, 7) is 0. The lowest BCUT2D eigenvalue weighted by Crippen LogP contribution is -2.32. The van der Waals surface area contributed by atoms with Crippen LogP contribution in [0.25, 0.3) is 0 Å². The van der Waals surface area contributed by atoms with E-state index in [0.717, 1.165) is 0 Å². The summed E-state index contributed by atoms with van der Waals surface area (Å²) in [5.41, 5.74) is 0. The van der Waals surface area contributed by atoms with Crippen molar-refractivity contribution in [2.24, 2.45) is 0 Å². The SMILES string of the molecule is COc1ccccc1S[C@H](CS(=O)Oc1ccccc1)C(F)(F)F. The van der Waals surface area contributed by atoms with Crippen LogP contribution in [0.2, 0.25) is 0 Å². The van der Waals surface area contributed by atoms with Crippen molar-refractivity contribution in [3.8, 4) is 11.5 Å². The molecule has 0 radical (unpaired) electrons. The molecular formula is C16H15F3O3S2. The Kier molecular flexibility index (Phi) is 6.56. The van der Waals surface area contributed by atoms with Gasteiger partial charge in [-0.25, -0.2) is 4.21 Å². The Labute approximate surface area is 144 Å². The molecule has 0 bridgehead atoms. The van der Waals surface area contributed by atoms with Crippen LogP contribution in [0.5, 0.6) is 11.5 Å². The molecule has 0 heterocycles. The Balaban J connectivity index is 2.10. The largest absolute Gasteiger partial charge is 0.496 e. The number of methoxy groups -OCH3 is 1. The Hall–Kier alpha value is -1.67. The molecule has 0 aliphatic carbocycles. The molecule has 0 N–H and O–H groups in total. The van der Waals surface area contributed by atoms with E-state index in [4.69, 9.17) is 8.92 Å². The highest BCUT2D eigenvalue weighted by molar-refractivity contribution is 8.00. The highest BCUT2D eigenvalue weighted by Crippen LogP contribution is 2.39. The van der Waals surface area contributed by atoms with Gasteiger partial charge in [0, 0.05) is 4.90 Å². The van der Waals surface area contributed by atoms with E-state index in [1.54, 1.807) is 36.4 Å². The number of rotatable bonds is 7. The van der Waals surface area contributed by atoms with Gasteiger partial charge < -0.3 is 8.92 Å². The lowest BCUT2D eigenvalue weighted by atomic mass is 10.3. The quantitative estimate of drug-likeness (QED) is 0.669. The summed E-state index contributed by atoms with van der Waals surface area (Å²) in [6, 6.07) is 14.5. The third-order valence-corrected chi connectivity index (χ3v) is 5.43. The first-order valence-electron chi connectivity index (χ1n) is 6.88. The van der Waals surface area contributed by atoms with Gasteiger partial charge in [0.05, 0.1) is 12.9 Å². The van der Waals surface area contributed by atoms with Crippen molar-refractivity contribution in [1.82, 2.24) is 0 Å². The molecule has 2 atom stereocenters. The predicted molar refractivity (Wildman–Crippen MR) is 88.8 cm³/mol. The van der Waals surface area contributed by atoms with E-state index in [2.05, 4.69) is 0 Å². The normalized spacial score (nSPS) is 14.0. The molecule has 2 aromatic rings. The number of hydrogen-bond donors (Lipinski definition) is 0. The average Bonchev–Trinajstić information content (AvgIpc) is 2.54. The van der Waals surface area contributed by atoms with E-state index < -0.39 is 28.3 Å². The highest BCUT2D eigenvalue weighted by atomic mass is 32.2. The average molecular weight is 376 g/mol. The van der Waals surface area contributed by atoms with Crippen molar-refractivity contribution in [2.45, 2.75) is 16.3 Å². The fourth-order valence-electron chi connectivity index (χ4n) is 1.81. The van der Waals surface area contributed by atoms with E-state index >= 15 is 0 Å². The van der Waals surface area contributed by atoms with Gasteiger partial charge in [0.25, 0.3) is 0 Å². The van der Waals surface area contributed by atoms with Crippen LogP contribution in [0, 0.1) is 0 Å². The third-order valence-electron chi connectivity index (χ3n) is 2.92. The van der Waals surface area contributed by atoms with Crippen molar-refractivity contribution in [2.75, 3.05) is 12.9 Å². The van der Waals surface area contributed by atoms with Crippen molar-refractivity contribution in [3.05, 3.63) is 54.6 Å². The number of hydrogen-bond acceptors (Lipinski definition) is 4. The van der Waals surface area contributed by atoms with Gasteiger partial charge in [-0.3, -0.25) is 0 Å². The summed E-state index contributed by atoms with van der Waals surface area (Å²) in [6.07, 6.45) is -4.53. The standard InChI is InChI=1S/C16H15F3O3S2/c1-21-13-9-5-6-10-14(13)23-15(16(17,18)19)11-24(20)22-12-7-3-2-4-8-12/h2-10,15H,11H2,1H3/t15-,24?/m1/s1. The molecular weight excluding hydrogens is 361 g/mol. The van der Waals surface area contributed by atoms with Crippen LogP contribution in [0.4, 0.5) is 13.2 Å². The first-order valence-corrected chi connectivity index (χ1v) is 9.00. The van der Waals surface area contributed by atoms with E-state index in [0.29, 0.717) is 22.4 Å². The van der Waals surface area contributed by atoms with E-state index in [-0.39, 0.29) is 5.75 Å². The Morgan fingerprint density at radius 3 is 2.33 bits per heavy atom. The zero-order valence-electron chi connectivity index (χ0n) is 12.7. The van der Waals surface area contributed by atoms with E-state index in [1.807, 2.05) is 0 Å². The predicted octanol–water partition coefficient (Wildman–Crippen LogP) is 4.46. The van der Waals surface area contributed by atoms with Crippen LogP contribution in [-0.4, -0.2) is 28.5 Å². The molecule has 24 heavy (non-hydrogen) atoms. The maximum absolute atomic E-state index is 13.3. The van der Waals surface area contributed by atoms with Gasteiger partial charge in [0.1, 0.15) is 16.7 Å². The van der Waals surface area contributed by atoms with Gasteiger partial charge in [-0.2, -0.15) is 13.2 Å². The van der Waals surface area contributed by atoms with Gasteiger partial charge in [-0.05, 0) is 24.3 Å². The van der Waals surface area contributed by atoms with Crippen LogP contribution >= 0.6 is 11.8 Å². The number of halogens is 3. The molecule has 0 aliphatic rings. The van der Waals surface area contributed by atoms with E-state index in [1.165, 1.54) is 25.3 Å². The van der Waals surface area contributed by atoms with Crippen LogP contribution in [0.15, 0.2) is 59.5 Å². The van der Waals surface area contributed by atoms with Gasteiger partial charge in [0.15, 0.2) is 0 Å². The second-order valence-corrected chi connectivity index (χ2v) is 7.02. The van der Waals surface area contributed by atoms with Crippen molar-refractivity contribution in [3.63, 3.8) is 0 Å². The van der Waals surface area contributed by atoms with Gasteiger partial charge in [-0.15, -0.1) is 11.8 Å². The van der Waals surface area contributed by atoms with Gasteiger partial charge in [0.2, 0.25) is 11.1 Å². The summed E-state index contributed by atoms with van der Waals surface area (Å²) in [4.78, 5) is 0.332. The van der Waals surface area contributed by atoms with Gasteiger partial charge in [-0.1, -0.05) is 30.3 Å². The summed E-state index contributed by atoms with van der Waals surface area (Å²) >= 11 is -1.55. The second kappa shape index (κ2) is 8.43. The molecule has 0 fully saturated rings. The molecule has 0 saturated carbocycles. The molecule has 0 aromatic heterocycles. The number of benzene rings is 2. The highest BCUT2D eigenvalue weighted by Gasteiger charge is 2.42. The van der Waals surface area contributed by atoms with Crippen LogP contribution in [0.1, 0.15) is 0 Å². The van der Waals surface area contributed by atoms with Crippen LogP contribution in [-0.2, 0) is 11.1 Å². The summed E-state index contributed by atoms with van der Waals surface area (Å²) in [7, 11) is 1.39. The monoisotopic (exact) mass is 376 g/mol. The molecule has 130 valence electrons. The molecule has 0 aliphatic heterocycles. The third kappa shape index (κ3) is 5.45. The van der Waals surface area contributed by atoms with Crippen molar-refractivity contribution in [1.29, 1.82) is 0 Å². The first kappa shape index (κ1) is 18.7. The van der Waals surface area contributed by atoms with Crippen LogP contribution in [0.3, 0.4) is 0 Å². The smallest absolute Gasteiger partial charge is 0.401 e. The number of thioether (sulfide) groups is 1. The first-order chi connectivity index (χ1) is 11.4. The Bertz CT molecular complexity index is 678. The summed E-state index contributed by atoms with van der Waals surface area (Å²) in [5.74, 6) is -0.0771. The molecule has 2 rings (SSSR count). The maximum Gasteiger partial charge on any atom is 0.401 e. The minimum absolute atomic E-state index is 0.263. The molecule has 0 saturated heterocycles. The Morgan fingerprint density at radius 2 is 1.71 bits per heavy atom. The number of alkyl halides is 3. The lowest BCUT2D eigenvalue weighted by molar-refractivity contribution is -0.124. The second-order valence-electron chi connectivity index (χ2n) is 4.67. The zero-order valence-corrected chi connectivity index (χ0v) is 14.3. The topological polar surface area (TPSA) is 35.5 Å². The minimum atomic E-state index is -4.53. The molecule has 3 nitrogen and oxygen atoms in total. The summed E-state index contributed by atoms with van der Waals surface area (Å²) in [5, 5.41) is -1.88. The molecule has 0 spiro atoms.